The zero-order valence-corrected chi connectivity index (χ0v) is 7.51. The van der Waals surface area contributed by atoms with Crippen molar-refractivity contribution in [2.24, 2.45) is 0 Å². The molecule has 0 saturated heterocycles. The van der Waals surface area contributed by atoms with Crippen LogP contribution in [-0.4, -0.2) is 17.4 Å². The predicted molar refractivity (Wildman–Crippen MR) is 44.5 cm³/mol. The molecular formula is C8H5F4NO3. The van der Waals surface area contributed by atoms with Gasteiger partial charge in [-0.15, -0.1) is 13.2 Å². The second kappa shape index (κ2) is 3.87. The third-order valence-corrected chi connectivity index (χ3v) is 1.53. The molecule has 1 rings (SSSR count). The number of anilines is 1. The van der Waals surface area contributed by atoms with E-state index in [0.29, 0.717) is 12.1 Å². The van der Waals surface area contributed by atoms with Crippen LogP contribution >= 0.6 is 0 Å². The molecule has 0 aliphatic rings. The standard InChI is InChI=1S/C8H5F4NO3/c9-3-1-4(7(14)15)6(5(13)2-3)16-8(10,11)12/h1-2H,13H2,(H,14,15). The van der Waals surface area contributed by atoms with Gasteiger partial charge in [-0.2, -0.15) is 0 Å². The minimum absolute atomic E-state index is 0.389. The topological polar surface area (TPSA) is 72.6 Å². The van der Waals surface area contributed by atoms with Gasteiger partial charge in [0.1, 0.15) is 11.4 Å². The third kappa shape index (κ3) is 2.75. The van der Waals surface area contributed by atoms with E-state index in [-0.39, 0.29) is 0 Å². The Bertz CT molecular complexity index is 430. The first-order valence-electron chi connectivity index (χ1n) is 3.79. The summed E-state index contributed by atoms with van der Waals surface area (Å²) in [6, 6.07) is 0.924. The molecule has 0 aromatic heterocycles. The lowest BCUT2D eigenvalue weighted by molar-refractivity contribution is -0.274. The summed E-state index contributed by atoms with van der Waals surface area (Å²) >= 11 is 0. The third-order valence-electron chi connectivity index (χ3n) is 1.53. The van der Waals surface area contributed by atoms with E-state index in [0.717, 1.165) is 0 Å². The summed E-state index contributed by atoms with van der Waals surface area (Å²) < 4.78 is 51.8. The number of hydrogen-bond donors (Lipinski definition) is 2. The molecule has 4 nitrogen and oxygen atoms in total. The zero-order chi connectivity index (χ0) is 12.5. The molecule has 3 N–H and O–H groups in total. The molecule has 0 fully saturated rings. The number of ether oxygens (including phenoxy) is 1. The second-order valence-electron chi connectivity index (χ2n) is 2.72. The van der Waals surface area contributed by atoms with Crippen molar-refractivity contribution in [2.45, 2.75) is 6.36 Å². The minimum Gasteiger partial charge on any atom is -0.478 e. The van der Waals surface area contributed by atoms with Crippen LogP contribution in [-0.2, 0) is 0 Å². The molecule has 8 heteroatoms. The summed E-state index contributed by atoms with van der Waals surface area (Å²) in [6.07, 6.45) is -5.10. The van der Waals surface area contributed by atoms with Crippen molar-refractivity contribution in [2.75, 3.05) is 5.73 Å². The smallest absolute Gasteiger partial charge is 0.478 e. The van der Waals surface area contributed by atoms with E-state index in [9.17, 15) is 22.4 Å². The maximum Gasteiger partial charge on any atom is 0.573 e. The monoisotopic (exact) mass is 239 g/mol. The Labute approximate surface area is 86.2 Å². The maximum absolute atomic E-state index is 12.7. The van der Waals surface area contributed by atoms with E-state index in [1.807, 2.05) is 0 Å². The van der Waals surface area contributed by atoms with Crippen LogP contribution in [0.5, 0.6) is 5.75 Å². The number of halogens is 4. The molecular weight excluding hydrogens is 234 g/mol. The molecule has 0 aliphatic carbocycles. The number of carbonyl (C=O) groups is 1. The van der Waals surface area contributed by atoms with E-state index >= 15 is 0 Å². The summed E-state index contributed by atoms with van der Waals surface area (Å²) in [5.74, 6) is -3.96. The van der Waals surface area contributed by atoms with Gasteiger partial charge in [-0.05, 0) is 6.07 Å². The predicted octanol–water partition coefficient (Wildman–Crippen LogP) is 2.00. The summed E-state index contributed by atoms with van der Waals surface area (Å²) in [6.45, 7) is 0. The number of carboxylic acid groups (broad SMARTS) is 1. The molecule has 0 radical (unpaired) electrons. The molecule has 0 spiro atoms. The van der Waals surface area contributed by atoms with Crippen molar-refractivity contribution in [3.8, 4) is 5.75 Å². The normalized spacial score (nSPS) is 11.2. The van der Waals surface area contributed by atoms with E-state index in [1.54, 1.807) is 0 Å². The summed E-state index contributed by atoms with van der Waals surface area (Å²) in [5.41, 5.74) is 3.31. The summed E-state index contributed by atoms with van der Waals surface area (Å²) in [7, 11) is 0. The number of nitrogen functional groups attached to an aromatic ring is 1. The molecule has 16 heavy (non-hydrogen) atoms. The van der Waals surface area contributed by atoms with Crippen molar-refractivity contribution in [3.63, 3.8) is 0 Å². The van der Waals surface area contributed by atoms with Gasteiger partial charge < -0.3 is 15.6 Å². The lowest BCUT2D eigenvalue weighted by Crippen LogP contribution is -2.20. The Morgan fingerprint density at radius 1 is 1.38 bits per heavy atom. The van der Waals surface area contributed by atoms with Crippen LogP contribution in [0.15, 0.2) is 12.1 Å². The first-order chi connectivity index (χ1) is 7.20. The molecule has 0 unspecified atom stereocenters. The first kappa shape index (κ1) is 12.1. The van der Waals surface area contributed by atoms with Crippen LogP contribution in [0, 0.1) is 5.82 Å². The van der Waals surface area contributed by atoms with E-state index in [1.165, 1.54) is 0 Å². The van der Waals surface area contributed by atoms with Crippen molar-refractivity contribution in [1.82, 2.24) is 0 Å². The summed E-state index contributed by atoms with van der Waals surface area (Å²) in [4.78, 5) is 10.5. The van der Waals surface area contributed by atoms with Crippen LogP contribution in [0.25, 0.3) is 0 Å². The second-order valence-corrected chi connectivity index (χ2v) is 2.72. The Kier molecular flexibility index (Phi) is 2.92. The minimum atomic E-state index is -5.10. The number of hydrogen-bond acceptors (Lipinski definition) is 3. The van der Waals surface area contributed by atoms with E-state index < -0.39 is 35.1 Å². The molecule has 0 bridgehead atoms. The van der Waals surface area contributed by atoms with Gasteiger partial charge in [0.25, 0.3) is 0 Å². The Hall–Kier alpha value is -1.99. The lowest BCUT2D eigenvalue weighted by atomic mass is 10.1. The highest BCUT2D eigenvalue weighted by molar-refractivity contribution is 5.93. The van der Waals surface area contributed by atoms with Crippen LogP contribution < -0.4 is 10.5 Å². The van der Waals surface area contributed by atoms with E-state index in [2.05, 4.69) is 4.74 Å². The first-order valence-corrected chi connectivity index (χ1v) is 3.79. The molecule has 0 aliphatic heterocycles. The van der Waals surface area contributed by atoms with Crippen molar-refractivity contribution < 1.29 is 32.2 Å². The maximum atomic E-state index is 12.7. The molecule has 1 aromatic rings. The summed E-state index contributed by atoms with van der Waals surface area (Å²) in [5, 5.41) is 8.54. The van der Waals surface area contributed by atoms with Crippen LogP contribution in [0.4, 0.5) is 23.2 Å². The fourth-order valence-electron chi connectivity index (χ4n) is 1.00. The number of aromatic carboxylic acids is 1. The van der Waals surface area contributed by atoms with Gasteiger partial charge in [-0.3, -0.25) is 0 Å². The number of carboxylic acids is 1. The molecule has 1 aromatic carbocycles. The molecule has 88 valence electrons. The average molecular weight is 239 g/mol. The Morgan fingerprint density at radius 2 is 1.94 bits per heavy atom. The van der Waals surface area contributed by atoms with Gasteiger partial charge in [-0.25, -0.2) is 9.18 Å². The highest BCUT2D eigenvalue weighted by Crippen LogP contribution is 2.32. The SMILES string of the molecule is Nc1cc(F)cc(C(=O)O)c1OC(F)(F)F. The zero-order valence-electron chi connectivity index (χ0n) is 7.51. The van der Waals surface area contributed by atoms with Crippen LogP contribution in [0.3, 0.4) is 0 Å². The molecule has 0 atom stereocenters. The molecule has 0 heterocycles. The fourth-order valence-corrected chi connectivity index (χ4v) is 1.00. The van der Waals surface area contributed by atoms with Gasteiger partial charge in [-0.1, -0.05) is 0 Å². The highest BCUT2D eigenvalue weighted by Gasteiger charge is 2.34. The largest absolute Gasteiger partial charge is 0.573 e. The highest BCUT2D eigenvalue weighted by atomic mass is 19.4. The van der Waals surface area contributed by atoms with Gasteiger partial charge in [0, 0.05) is 6.07 Å². The quantitative estimate of drug-likeness (QED) is 0.611. The van der Waals surface area contributed by atoms with Crippen LogP contribution in [0.1, 0.15) is 10.4 Å². The van der Waals surface area contributed by atoms with Crippen LogP contribution in [0.2, 0.25) is 0 Å². The number of nitrogens with two attached hydrogens (primary N) is 1. The van der Waals surface area contributed by atoms with Gasteiger partial charge in [0.2, 0.25) is 0 Å². The Balaban J connectivity index is 3.30. The van der Waals surface area contributed by atoms with Crippen molar-refractivity contribution >= 4 is 11.7 Å². The van der Waals surface area contributed by atoms with Gasteiger partial charge in [0.05, 0.1) is 5.69 Å². The average Bonchev–Trinajstić information content (AvgIpc) is 2.07. The fraction of sp³-hybridized carbons (Fsp3) is 0.125. The van der Waals surface area contributed by atoms with Crippen molar-refractivity contribution in [1.29, 1.82) is 0 Å². The Morgan fingerprint density at radius 3 is 2.38 bits per heavy atom. The number of benzene rings is 1. The van der Waals surface area contributed by atoms with Gasteiger partial charge >= 0.3 is 12.3 Å². The van der Waals surface area contributed by atoms with Crippen molar-refractivity contribution in [3.05, 3.63) is 23.5 Å². The van der Waals surface area contributed by atoms with Gasteiger partial charge in [0.15, 0.2) is 5.75 Å². The number of rotatable bonds is 2. The van der Waals surface area contributed by atoms with E-state index in [4.69, 9.17) is 10.8 Å². The molecule has 0 saturated carbocycles. The molecule has 0 amide bonds. The number of alkyl halides is 3. The lowest BCUT2D eigenvalue weighted by Gasteiger charge is -2.13.